The fourth-order valence-electron chi connectivity index (χ4n) is 3.89. The van der Waals surface area contributed by atoms with Gasteiger partial charge in [-0.25, -0.2) is 9.78 Å². The molecule has 0 bridgehead atoms. The predicted octanol–water partition coefficient (Wildman–Crippen LogP) is 4.93. The number of carbonyl (C=O) groups excluding carboxylic acids is 1. The van der Waals surface area contributed by atoms with Crippen LogP contribution in [0.5, 0.6) is 11.5 Å². The van der Waals surface area contributed by atoms with E-state index >= 15 is 0 Å². The standard InChI is InChI=1S/C23H27BrClN5O4/c1-23(2,3)34-22(31)30-10-9-29(12-13(30)7-8-26)20-15-11-16(32-4)17(24)19(33-14-5-6-14)18(15)27-21(25)28-20/h11,13-14H,5-7,9-10,12H2,1-4H3. The maximum Gasteiger partial charge on any atom is 0.410 e. The number of piperazine rings is 1. The molecule has 1 aliphatic heterocycles. The first-order chi connectivity index (χ1) is 16.1. The molecule has 1 amide bonds. The van der Waals surface area contributed by atoms with Gasteiger partial charge in [0.2, 0.25) is 5.28 Å². The van der Waals surface area contributed by atoms with E-state index in [9.17, 15) is 10.1 Å². The van der Waals surface area contributed by atoms with E-state index in [4.69, 9.17) is 25.8 Å². The fraction of sp³-hybridized carbons (Fsp3) is 0.565. The number of benzene rings is 1. The molecule has 0 radical (unpaired) electrons. The molecule has 2 aliphatic rings. The minimum Gasteiger partial charge on any atom is -0.495 e. The Kier molecular flexibility index (Phi) is 6.97. The van der Waals surface area contributed by atoms with Gasteiger partial charge in [0.05, 0.1) is 37.1 Å². The van der Waals surface area contributed by atoms with Gasteiger partial charge >= 0.3 is 6.09 Å². The van der Waals surface area contributed by atoms with E-state index in [0.717, 1.165) is 18.2 Å². The van der Waals surface area contributed by atoms with Crippen molar-refractivity contribution in [2.75, 3.05) is 31.6 Å². The lowest BCUT2D eigenvalue weighted by Crippen LogP contribution is -2.56. The van der Waals surface area contributed by atoms with Gasteiger partial charge in [-0.05, 0) is 67.2 Å². The van der Waals surface area contributed by atoms with Crippen LogP contribution in [0, 0.1) is 11.3 Å². The van der Waals surface area contributed by atoms with Gasteiger partial charge in [0, 0.05) is 19.6 Å². The van der Waals surface area contributed by atoms with Crippen molar-refractivity contribution in [3.63, 3.8) is 0 Å². The Balaban J connectivity index is 1.72. The van der Waals surface area contributed by atoms with Crippen molar-refractivity contribution < 1.29 is 19.0 Å². The Labute approximate surface area is 212 Å². The third-order valence-electron chi connectivity index (χ3n) is 5.57. The van der Waals surface area contributed by atoms with Gasteiger partial charge in [-0.1, -0.05) is 0 Å². The lowest BCUT2D eigenvalue weighted by Gasteiger charge is -2.41. The van der Waals surface area contributed by atoms with E-state index in [1.807, 2.05) is 31.7 Å². The molecule has 182 valence electrons. The second-order valence-corrected chi connectivity index (χ2v) is 10.5. The molecule has 4 rings (SSSR count). The summed E-state index contributed by atoms with van der Waals surface area (Å²) in [5, 5.41) is 10.2. The first-order valence-corrected chi connectivity index (χ1v) is 12.3. The number of rotatable bonds is 5. The van der Waals surface area contributed by atoms with Gasteiger partial charge in [-0.15, -0.1) is 0 Å². The maximum atomic E-state index is 12.8. The van der Waals surface area contributed by atoms with Crippen LogP contribution < -0.4 is 14.4 Å². The summed E-state index contributed by atoms with van der Waals surface area (Å²) >= 11 is 9.94. The summed E-state index contributed by atoms with van der Waals surface area (Å²) < 4.78 is 18.0. The summed E-state index contributed by atoms with van der Waals surface area (Å²) in [4.78, 5) is 25.4. The third-order valence-corrected chi connectivity index (χ3v) is 6.49. The molecular formula is C23H27BrClN5O4. The molecule has 2 heterocycles. The van der Waals surface area contributed by atoms with Crippen molar-refractivity contribution in [3.8, 4) is 17.6 Å². The first-order valence-electron chi connectivity index (χ1n) is 11.1. The van der Waals surface area contributed by atoms with Crippen LogP contribution in [0.3, 0.4) is 0 Å². The lowest BCUT2D eigenvalue weighted by atomic mass is 10.1. The number of anilines is 1. The third kappa shape index (κ3) is 5.26. The zero-order chi connectivity index (χ0) is 24.6. The number of nitriles is 1. The molecule has 34 heavy (non-hydrogen) atoms. The van der Waals surface area contributed by atoms with Crippen molar-refractivity contribution in [1.82, 2.24) is 14.9 Å². The molecule has 1 aromatic heterocycles. The van der Waals surface area contributed by atoms with E-state index in [1.54, 1.807) is 12.0 Å². The summed E-state index contributed by atoms with van der Waals surface area (Å²) in [6, 6.07) is 3.68. The van der Waals surface area contributed by atoms with Gasteiger partial charge in [0.1, 0.15) is 27.2 Å². The van der Waals surface area contributed by atoms with Gasteiger partial charge in [0.25, 0.3) is 0 Å². The van der Waals surface area contributed by atoms with Crippen LogP contribution in [0.15, 0.2) is 10.5 Å². The quantitative estimate of drug-likeness (QED) is 0.481. The van der Waals surface area contributed by atoms with E-state index < -0.39 is 11.7 Å². The highest BCUT2D eigenvalue weighted by Gasteiger charge is 2.35. The van der Waals surface area contributed by atoms with Crippen LogP contribution in [0.2, 0.25) is 5.28 Å². The minimum absolute atomic E-state index is 0.0895. The highest BCUT2D eigenvalue weighted by atomic mass is 79.9. The van der Waals surface area contributed by atoms with Crippen molar-refractivity contribution in [3.05, 3.63) is 15.8 Å². The van der Waals surface area contributed by atoms with Crippen LogP contribution in [-0.4, -0.2) is 65.5 Å². The van der Waals surface area contributed by atoms with E-state index in [1.165, 1.54) is 0 Å². The van der Waals surface area contributed by atoms with Gasteiger partial charge in [-0.2, -0.15) is 10.2 Å². The molecule has 1 aromatic carbocycles. The molecule has 1 saturated heterocycles. The predicted molar refractivity (Wildman–Crippen MR) is 132 cm³/mol. The lowest BCUT2D eigenvalue weighted by molar-refractivity contribution is 0.0145. The Morgan fingerprint density at radius 1 is 1.32 bits per heavy atom. The number of fused-ring (bicyclic) bond motifs is 1. The average molecular weight is 553 g/mol. The number of nitrogens with zero attached hydrogens (tertiary/aromatic N) is 5. The summed E-state index contributed by atoms with van der Waals surface area (Å²) in [5.41, 5.74) is -0.0371. The van der Waals surface area contributed by atoms with Crippen molar-refractivity contribution in [2.45, 2.75) is 57.8 Å². The van der Waals surface area contributed by atoms with E-state index in [-0.39, 0.29) is 23.9 Å². The van der Waals surface area contributed by atoms with Crippen molar-refractivity contribution >= 4 is 50.3 Å². The number of methoxy groups -OCH3 is 1. The maximum absolute atomic E-state index is 12.8. The average Bonchev–Trinajstić information content (AvgIpc) is 3.58. The number of halogens is 2. The van der Waals surface area contributed by atoms with Crippen molar-refractivity contribution in [2.24, 2.45) is 0 Å². The molecule has 1 atom stereocenters. The van der Waals surface area contributed by atoms with Gasteiger partial charge < -0.3 is 24.0 Å². The number of carbonyl (C=O) groups is 1. The Bertz CT molecular complexity index is 1150. The number of ether oxygens (including phenoxy) is 3. The SMILES string of the molecule is COc1cc2c(N3CCN(C(=O)OC(C)(C)C)C(CC#N)C3)nc(Cl)nc2c(OC2CC2)c1Br. The highest BCUT2D eigenvalue weighted by molar-refractivity contribution is 9.10. The molecule has 9 nitrogen and oxygen atoms in total. The van der Waals surface area contributed by atoms with E-state index in [0.29, 0.717) is 46.9 Å². The molecule has 1 unspecified atom stereocenters. The number of hydrogen-bond acceptors (Lipinski definition) is 8. The molecule has 1 saturated carbocycles. The Morgan fingerprint density at radius 3 is 2.68 bits per heavy atom. The van der Waals surface area contributed by atoms with Crippen LogP contribution in [0.4, 0.5) is 10.6 Å². The van der Waals surface area contributed by atoms with Crippen LogP contribution in [-0.2, 0) is 4.74 Å². The summed E-state index contributed by atoms with van der Waals surface area (Å²) in [5.74, 6) is 1.77. The Morgan fingerprint density at radius 2 is 2.06 bits per heavy atom. The zero-order valence-electron chi connectivity index (χ0n) is 19.6. The van der Waals surface area contributed by atoms with Crippen LogP contribution in [0.25, 0.3) is 10.9 Å². The van der Waals surface area contributed by atoms with Gasteiger partial charge in [0.15, 0.2) is 5.75 Å². The summed E-state index contributed by atoms with van der Waals surface area (Å²) in [6.07, 6.45) is 1.85. The molecule has 2 aromatic rings. The first kappa shape index (κ1) is 24.6. The number of amides is 1. The van der Waals surface area contributed by atoms with Gasteiger partial charge in [-0.3, -0.25) is 0 Å². The van der Waals surface area contributed by atoms with E-state index in [2.05, 4.69) is 32.0 Å². The second-order valence-electron chi connectivity index (χ2n) is 9.39. The van der Waals surface area contributed by atoms with Crippen LogP contribution >= 0.6 is 27.5 Å². The normalized spacial score (nSPS) is 18.6. The summed E-state index contributed by atoms with van der Waals surface area (Å²) in [6.45, 7) is 6.73. The largest absolute Gasteiger partial charge is 0.495 e. The summed E-state index contributed by atoms with van der Waals surface area (Å²) in [7, 11) is 1.59. The minimum atomic E-state index is -0.621. The molecule has 0 spiro atoms. The van der Waals surface area contributed by atoms with Crippen LogP contribution in [0.1, 0.15) is 40.0 Å². The molecule has 11 heteroatoms. The monoisotopic (exact) mass is 551 g/mol. The van der Waals surface area contributed by atoms with Crippen molar-refractivity contribution in [1.29, 1.82) is 5.26 Å². The number of hydrogen-bond donors (Lipinski definition) is 0. The molecule has 1 aliphatic carbocycles. The number of aromatic nitrogens is 2. The second kappa shape index (κ2) is 9.62. The Hall–Kier alpha value is -2.51. The molecule has 2 fully saturated rings. The zero-order valence-corrected chi connectivity index (χ0v) is 21.9. The highest BCUT2D eigenvalue weighted by Crippen LogP contribution is 2.45. The smallest absolute Gasteiger partial charge is 0.410 e. The molecular weight excluding hydrogens is 526 g/mol. The molecule has 0 N–H and O–H groups in total. The fourth-order valence-corrected chi connectivity index (χ4v) is 4.61. The topological polar surface area (TPSA) is 101 Å².